The van der Waals surface area contributed by atoms with Gasteiger partial charge in [0.05, 0.1) is 23.7 Å². The zero-order chi connectivity index (χ0) is 20.9. The summed E-state index contributed by atoms with van der Waals surface area (Å²) in [7, 11) is 0. The number of anilines is 1. The minimum absolute atomic E-state index is 0.239. The highest BCUT2D eigenvalue weighted by Gasteiger charge is 2.15. The smallest absolute Gasteiger partial charge is 0.291 e. The zero-order valence-electron chi connectivity index (χ0n) is 15.7. The van der Waals surface area contributed by atoms with Crippen molar-refractivity contribution in [3.8, 4) is 11.3 Å². The van der Waals surface area contributed by atoms with Crippen LogP contribution >= 0.6 is 11.6 Å². The number of furan rings is 1. The van der Waals surface area contributed by atoms with E-state index in [2.05, 4.69) is 20.8 Å². The molecule has 0 fully saturated rings. The van der Waals surface area contributed by atoms with E-state index in [4.69, 9.17) is 16.0 Å². The quantitative estimate of drug-likeness (QED) is 0.427. The molecule has 0 radical (unpaired) electrons. The van der Waals surface area contributed by atoms with E-state index in [0.717, 1.165) is 11.1 Å². The van der Waals surface area contributed by atoms with E-state index < -0.39 is 0 Å². The van der Waals surface area contributed by atoms with E-state index >= 15 is 0 Å². The summed E-state index contributed by atoms with van der Waals surface area (Å²) in [5.74, 6) is -0.331. The normalized spacial score (nSPS) is 10.6. The van der Waals surface area contributed by atoms with Gasteiger partial charge < -0.3 is 15.1 Å². The van der Waals surface area contributed by atoms with E-state index in [9.17, 15) is 9.59 Å². The maximum atomic E-state index is 12.6. The number of aromatic nitrogens is 2. The van der Waals surface area contributed by atoms with Gasteiger partial charge in [-0.25, -0.2) is 0 Å². The molecule has 0 aliphatic heterocycles. The number of amides is 2. The molecule has 0 aliphatic rings. The molecular weight excluding hydrogens is 404 g/mol. The van der Waals surface area contributed by atoms with Crippen molar-refractivity contribution in [3.05, 3.63) is 95.0 Å². The number of nitrogens with one attached hydrogen (secondary N) is 3. The summed E-state index contributed by atoms with van der Waals surface area (Å²) in [6.07, 6.45) is 2.94. The highest BCUT2D eigenvalue weighted by Crippen LogP contribution is 2.23. The van der Waals surface area contributed by atoms with Gasteiger partial charge in [0, 0.05) is 22.8 Å². The summed E-state index contributed by atoms with van der Waals surface area (Å²) in [5, 5.41) is 13.1. The van der Waals surface area contributed by atoms with Gasteiger partial charge in [0.1, 0.15) is 0 Å². The number of carbonyl (C=O) groups excluding carboxylic acids is 2. The number of H-pyrrole nitrogens is 1. The molecule has 0 saturated carbocycles. The SMILES string of the molecule is O=C(Nc1ccc(CNC(=O)c2cn[nH]c2-c2ccc(Cl)cc2)cc1)c1ccco1. The fourth-order valence-electron chi connectivity index (χ4n) is 2.88. The first-order valence-corrected chi connectivity index (χ1v) is 9.49. The Morgan fingerprint density at radius 1 is 1.00 bits per heavy atom. The van der Waals surface area contributed by atoms with Gasteiger partial charge in [-0.3, -0.25) is 14.7 Å². The molecule has 150 valence electrons. The second-order valence-electron chi connectivity index (χ2n) is 6.48. The van der Waals surface area contributed by atoms with Crippen LogP contribution in [-0.4, -0.2) is 22.0 Å². The number of carbonyl (C=O) groups is 2. The van der Waals surface area contributed by atoms with Crippen molar-refractivity contribution in [2.75, 3.05) is 5.32 Å². The van der Waals surface area contributed by atoms with E-state index in [-0.39, 0.29) is 17.6 Å². The highest BCUT2D eigenvalue weighted by atomic mass is 35.5. The summed E-state index contributed by atoms with van der Waals surface area (Å²) >= 11 is 5.92. The van der Waals surface area contributed by atoms with Gasteiger partial charge in [-0.15, -0.1) is 0 Å². The van der Waals surface area contributed by atoms with Gasteiger partial charge in [0.2, 0.25) is 0 Å². The predicted octanol–water partition coefficient (Wildman–Crippen LogP) is 4.51. The van der Waals surface area contributed by atoms with Gasteiger partial charge in [0.15, 0.2) is 5.76 Å². The van der Waals surface area contributed by atoms with Gasteiger partial charge in [-0.1, -0.05) is 35.9 Å². The van der Waals surface area contributed by atoms with Crippen molar-refractivity contribution < 1.29 is 14.0 Å². The van der Waals surface area contributed by atoms with Crippen LogP contribution in [0.2, 0.25) is 5.02 Å². The summed E-state index contributed by atoms with van der Waals surface area (Å²) in [4.78, 5) is 24.6. The summed E-state index contributed by atoms with van der Waals surface area (Å²) in [6, 6.07) is 17.6. The Morgan fingerprint density at radius 3 is 2.47 bits per heavy atom. The van der Waals surface area contributed by atoms with E-state index in [1.165, 1.54) is 12.5 Å². The molecule has 2 aromatic carbocycles. The molecule has 2 amide bonds. The van der Waals surface area contributed by atoms with Crippen LogP contribution in [0.25, 0.3) is 11.3 Å². The number of halogens is 1. The Morgan fingerprint density at radius 2 is 1.77 bits per heavy atom. The van der Waals surface area contributed by atoms with Crippen LogP contribution in [0.5, 0.6) is 0 Å². The van der Waals surface area contributed by atoms with E-state index in [1.807, 2.05) is 24.3 Å². The third-order valence-electron chi connectivity index (χ3n) is 4.43. The molecule has 0 atom stereocenters. The predicted molar refractivity (Wildman–Crippen MR) is 113 cm³/mol. The number of nitrogens with zero attached hydrogens (tertiary/aromatic N) is 1. The lowest BCUT2D eigenvalue weighted by Gasteiger charge is -2.08. The Kier molecular flexibility index (Phi) is 5.63. The number of benzene rings is 2. The van der Waals surface area contributed by atoms with Crippen molar-refractivity contribution in [1.82, 2.24) is 15.5 Å². The minimum atomic E-state index is -0.323. The lowest BCUT2D eigenvalue weighted by Crippen LogP contribution is -2.23. The van der Waals surface area contributed by atoms with Crippen LogP contribution in [0, 0.1) is 0 Å². The van der Waals surface area contributed by atoms with Gasteiger partial charge in [-0.05, 0) is 42.0 Å². The molecule has 0 saturated heterocycles. The molecule has 0 aliphatic carbocycles. The third-order valence-corrected chi connectivity index (χ3v) is 4.68. The van der Waals surface area contributed by atoms with Crippen LogP contribution in [-0.2, 0) is 6.54 Å². The fraction of sp³-hybridized carbons (Fsp3) is 0.0455. The van der Waals surface area contributed by atoms with Gasteiger partial charge in [-0.2, -0.15) is 5.10 Å². The summed E-state index contributed by atoms with van der Waals surface area (Å²) in [6.45, 7) is 0.330. The van der Waals surface area contributed by atoms with Crippen LogP contribution < -0.4 is 10.6 Å². The molecule has 4 aromatic rings. The average Bonchev–Trinajstić information content (AvgIpc) is 3.46. The number of hydrogen-bond acceptors (Lipinski definition) is 4. The molecule has 2 heterocycles. The molecule has 3 N–H and O–H groups in total. The molecule has 8 heteroatoms. The van der Waals surface area contributed by atoms with Crippen LogP contribution in [0.3, 0.4) is 0 Å². The molecule has 2 aromatic heterocycles. The molecule has 30 heavy (non-hydrogen) atoms. The Hall–Kier alpha value is -3.84. The standard InChI is InChI=1S/C22H17ClN4O3/c23-16-7-5-15(6-8-16)20-18(13-25-27-20)21(28)24-12-14-3-9-17(10-4-14)26-22(29)19-2-1-11-30-19/h1-11,13H,12H2,(H,24,28)(H,25,27)(H,26,29). The van der Waals surface area contributed by atoms with Gasteiger partial charge in [0.25, 0.3) is 11.8 Å². The molecular formula is C22H17ClN4O3. The Balaban J connectivity index is 1.37. The zero-order valence-corrected chi connectivity index (χ0v) is 16.4. The summed E-state index contributed by atoms with van der Waals surface area (Å²) in [5.41, 5.74) is 3.40. The maximum Gasteiger partial charge on any atom is 0.291 e. The van der Waals surface area contributed by atoms with Crippen LogP contribution in [0.1, 0.15) is 26.5 Å². The van der Waals surface area contributed by atoms with E-state index in [1.54, 1.807) is 36.4 Å². The van der Waals surface area contributed by atoms with Gasteiger partial charge >= 0.3 is 0 Å². The number of hydrogen-bond donors (Lipinski definition) is 3. The first-order chi connectivity index (χ1) is 14.6. The van der Waals surface area contributed by atoms with Crippen molar-refractivity contribution in [3.63, 3.8) is 0 Å². The van der Waals surface area contributed by atoms with Crippen molar-refractivity contribution in [2.45, 2.75) is 6.54 Å². The topological polar surface area (TPSA) is 100 Å². The Labute approximate surface area is 177 Å². The summed E-state index contributed by atoms with van der Waals surface area (Å²) < 4.78 is 5.07. The van der Waals surface area contributed by atoms with Crippen molar-refractivity contribution >= 4 is 29.1 Å². The molecule has 0 unspecified atom stereocenters. The Bertz CT molecular complexity index is 1150. The van der Waals surface area contributed by atoms with Crippen LogP contribution in [0.4, 0.5) is 5.69 Å². The lowest BCUT2D eigenvalue weighted by molar-refractivity contribution is 0.0950. The van der Waals surface area contributed by atoms with E-state index in [0.29, 0.717) is 28.5 Å². The third kappa shape index (κ3) is 4.42. The van der Waals surface area contributed by atoms with Crippen molar-refractivity contribution in [2.24, 2.45) is 0 Å². The molecule has 0 bridgehead atoms. The number of rotatable bonds is 6. The monoisotopic (exact) mass is 420 g/mol. The maximum absolute atomic E-state index is 12.6. The number of aromatic amines is 1. The fourth-order valence-corrected chi connectivity index (χ4v) is 3.00. The van der Waals surface area contributed by atoms with Crippen LogP contribution in [0.15, 0.2) is 77.5 Å². The highest BCUT2D eigenvalue weighted by molar-refractivity contribution is 6.30. The molecule has 4 rings (SSSR count). The molecule has 0 spiro atoms. The second-order valence-corrected chi connectivity index (χ2v) is 6.91. The first kappa shape index (κ1) is 19.5. The van der Waals surface area contributed by atoms with Crippen molar-refractivity contribution in [1.29, 1.82) is 0 Å². The molecule has 7 nitrogen and oxygen atoms in total. The average molecular weight is 421 g/mol. The minimum Gasteiger partial charge on any atom is -0.459 e. The lowest BCUT2D eigenvalue weighted by atomic mass is 10.1. The first-order valence-electron chi connectivity index (χ1n) is 9.11. The second kappa shape index (κ2) is 8.67. The largest absolute Gasteiger partial charge is 0.459 e.